The standard InChI is InChI=1S/C22H18ClN3O3/c1-2-10-24-19-8-7-17(26(27)28)13-18(19)22-25-20-12-15(6-9-21(20)29-22)14-4-3-5-16(23)11-14/h3-9,11-13,24H,2,10H2,1H3. The van der Waals surface area contributed by atoms with Crippen LogP contribution in [0.5, 0.6) is 0 Å². The Labute approximate surface area is 172 Å². The number of anilines is 1. The highest BCUT2D eigenvalue weighted by Gasteiger charge is 2.17. The predicted molar refractivity (Wildman–Crippen MR) is 115 cm³/mol. The number of nitrogens with one attached hydrogen (secondary N) is 1. The summed E-state index contributed by atoms with van der Waals surface area (Å²) >= 11 is 6.10. The van der Waals surface area contributed by atoms with Crippen LogP contribution in [-0.2, 0) is 0 Å². The topological polar surface area (TPSA) is 81.2 Å². The molecule has 4 aromatic rings. The summed E-state index contributed by atoms with van der Waals surface area (Å²) in [5.74, 6) is 0.338. The van der Waals surface area contributed by atoms with E-state index in [4.69, 9.17) is 16.0 Å². The quantitative estimate of drug-likeness (QED) is 0.289. The van der Waals surface area contributed by atoms with Crippen molar-refractivity contribution in [2.24, 2.45) is 0 Å². The van der Waals surface area contributed by atoms with Crippen molar-refractivity contribution in [3.8, 4) is 22.6 Å². The Morgan fingerprint density at radius 1 is 1.10 bits per heavy atom. The van der Waals surface area contributed by atoms with Gasteiger partial charge in [0, 0.05) is 29.4 Å². The molecule has 0 amide bonds. The van der Waals surface area contributed by atoms with Gasteiger partial charge in [0.2, 0.25) is 5.89 Å². The van der Waals surface area contributed by atoms with Gasteiger partial charge in [0.1, 0.15) is 5.52 Å². The maximum absolute atomic E-state index is 11.2. The fourth-order valence-electron chi connectivity index (χ4n) is 3.13. The maximum Gasteiger partial charge on any atom is 0.270 e. The Bertz CT molecular complexity index is 1200. The number of halogens is 1. The van der Waals surface area contributed by atoms with Crippen molar-refractivity contribution in [1.29, 1.82) is 0 Å². The number of aromatic nitrogens is 1. The van der Waals surface area contributed by atoms with Gasteiger partial charge < -0.3 is 9.73 Å². The number of benzene rings is 3. The number of nitro benzene ring substituents is 1. The first-order valence-electron chi connectivity index (χ1n) is 9.24. The van der Waals surface area contributed by atoms with Gasteiger partial charge in [-0.3, -0.25) is 10.1 Å². The van der Waals surface area contributed by atoms with Crippen molar-refractivity contribution in [1.82, 2.24) is 4.98 Å². The average Bonchev–Trinajstić information content (AvgIpc) is 3.15. The SMILES string of the molecule is CCCNc1ccc([N+](=O)[O-])cc1-c1nc2cc(-c3cccc(Cl)c3)ccc2o1. The van der Waals surface area contributed by atoms with Crippen LogP contribution in [-0.4, -0.2) is 16.5 Å². The minimum atomic E-state index is -0.424. The summed E-state index contributed by atoms with van der Waals surface area (Å²) in [5, 5.41) is 15.2. The molecule has 1 heterocycles. The summed E-state index contributed by atoms with van der Waals surface area (Å²) in [4.78, 5) is 15.4. The number of nitrogens with zero attached hydrogens (tertiary/aromatic N) is 2. The van der Waals surface area contributed by atoms with Gasteiger partial charge in [0.05, 0.1) is 10.5 Å². The number of oxazole rings is 1. The van der Waals surface area contributed by atoms with E-state index in [1.165, 1.54) is 12.1 Å². The lowest BCUT2D eigenvalue weighted by Gasteiger charge is -2.08. The molecule has 1 aromatic heterocycles. The van der Waals surface area contributed by atoms with E-state index in [1.54, 1.807) is 6.07 Å². The highest BCUT2D eigenvalue weighted by atomic mass is 35.5. The molecule has 29 heavy (non-hydrogen) atoms. The molecule has 0 unspecified atom stereocenters. The Kier molecular flexibility index (Phi) is 5.18. The van der Waals surface area contributed by atoms with Gasteiger partial charge in [-0.2, -0.15) is 0 Å². The maximum atomic E-state index is 11.2. The number of non-ortho nitro benzene ring substituents is 1. The lowest BCUT2D eigenvalue weighted by molar-refractivity contribution is -0.384. The molecule has 0 fully saturated rings. The summed E-state index contributed by atoms with van der Waals surface area (Å²) in [7, 11) is 0. The minimum absolute atomic E-state index is 0.0103. The molecular weight excluding hydrogens is 390 g/mol. The molecule has 1 N–H and O–H groups in total. The molecule has 0 bridgehead atoms. The van der Waals surface area contributed by atoms with Crippen LogP contribution in [0, 0.1) is 10.1 Å². The van der Waals surface area contributed by atoms with Gasteiger partial charge in [-0.25, -0.2) is 4.98 Å². The van der Waals surface area contributed by atoms with Gasteiger partial charge in [-0.15, -0.1) is 0 Å². The second-order valence-electron chi connectivity index (χ2n) is 6.63. The van der Waals surface area contributed by atoms with Crippen molar-refractivity contribution < 1.29 is 9.34 Å². The van der Waals surface area contributed by atoms with E-state index in [0.29, 0.717) is 27.6 Å². The first-order chi connectivity index (χ1) is 14.0. The first-order valence-corrected chi connectivity index (χ1v) is 9.62. The molecule has 0 spiro atoms. The zero-order valence-electron chi connectivity index (χ0n) is 15.7. The number of rotatable bonds is 6. The van der Waals surface area contributed by atoms with E-state index in [9.17, 15) is 10.1 Å². The normalized spacial score (nSPS) is 11.0. The number of hydrogen-bond donors (Lipinski definition) is 1. The molecule has 0 aliphatic carbocycles. The van der Waals surface area contributed by atoms with Crippen molar-refractivity contribution in [2.45, 2.75) is 13.3 Å². The van der Waals surface area contributed by atoms with Crippen LogP contribution in [0.4, 0.5) is 11.4 Å². The second-order valence-corrected chi connectivity index (χ2v) is 7.06. The average molecular weight is 408 g/mol. The Hall–Kier alpha value is -3.38. The molecule has 0 saturated carbocycles. The summed E-state index contributed by atoms with van der Waals surface area (Å²) in [6.45, 7) is 2.79. The van der Waals surface area contributed by atoms with Crippen LogP contribution in [0.25, 0.3) is 33.7 Å². The zero-order valence-corrected chi connectivity index (χ0v) is 16.4. The molecule has 7 heteroatoms. The number of nitro groups is 1. The highest BCUT2D eigenvalue weighted by molar-refractivity contribution is 6.30. The number of hydrogen-bond acceptors (Lipinski definition) is 5. The smallest absolute Gasteiger partial charge is 0.270 e. The molecule has 0 aliphatic rings. The Morgan fingerprint density at radius 2 is 1.93 bits per heavy atom. The number of fused-ring (bicyclic) bond motifs is 1. The van der Waals surface area contributed by atoms with E-state index in [-0.39, 0.29) is 5.69 Å². The van der Waals surface area contributed by atoms with Crippen LogP contribution in [0.1, 0.15) is 13.3 Å². The van der Waals surface area contributed by atoms with Crippen LogP contribution < -0.4 is 5.32 Å². The molecule has 3 aromatic carbocycles. The summed E-state index contributed by atoms with van der Waals surface area (Å²) in [5.41, 5.74) is 4.52. The Balaban J connectivity index is 1.80. The van der Waals surface area contributed by atoms with Crippen molar-refractivity contribution in [3.63, 3.8) is 0 Å². The molecule has 146 valence electrons. The van der Waals surface area contributed by atoms with Crippen LogP contribution in [0.3, 0.4) is 0 Å². The largest absolute Gasteiger partial charge is 0.436 e. The van der Waals surface area contributed by atoms with Gasteiger partial charge in [-0.1, -0.05) is 36.7 Å². The van der Waals surface area contributed by atoms with E-state index < -0.39 is 4.92 Å². The molecule has 0 aliphatic heterocycles. The molecule has 4 rings (SSSR count). The zero-order chi connectivity index (χ0) is 20.4. The van der Waals surface area contributed by atoms with E-state index in [2.05, 4.69) is 17.2 Å². The van der Waals surface area contributed by atoms with E-state index in [1.807, 2.05) is 42.5 Å². The summed E-state index contributed by atoms with van der Waals surface area (Å²) in [6, 6.07) is 17.9. The van der Waals surface area contributed by atoms with Gasteiger partial charge >= 0.3 is 0 Å². The van der Waals surface area contributed by atoms with Crippen LogP contribution >= 0.6 is 11.6 Å². The summed E-state index contributed by atoms with van der Waals surface area (Å²) < 4.78 is 5.92. The molecule has 0 saturated heterocycles. The van der Waals surface area contributed by atoms with E-state index >= 15 is 0 Å². The fraction of sp³-hybridized carbons (Fsp3) is 0.136. The van der Waals surface area contributed by atoms with Crippen LogP contribution in [0.2, 0.25) is 5.02 Å². The summed E-state index contributed by atoms with van der Waals surface area (Å²) in [6.07, 6.45) is 0.924. The van der Waals surface area contributed by atoms with Gasteiger partial charge in [0.15, 0.2) is 5.58 Å². The first kappa shape index (κ1) is 19.0. The third kappa shape index (κ3) is 3.93. The van der Waals surface area contributed by atoms with Crippen molar-refractivity contribution >= 4 is 34.1 Å². The molecular formula is C22H18ClN3O3. The highest BCUT2D eigenvalue weighted by Crippen LogP contribution is 2.34. The monoisotopic (exact) mass is 407 g/mol. The van der Waals surface area contributed by atoms with Crippen LogP contribution in [0.15, 0.2) is 65.1 Å². The fourth-order valence-corrected chi connectivity index (χ4v) is 3.32. The third-order valence-electron chi connectivity index (χ3n) is 4.56. The predicted octanol–water partition coefficient (Wildman–Crippen LogP) is 6.55. The second kappa shape index (κ2) is 7.93. The Morgan fingerprint density at radius 3 is 2.69 bits per heavy atom. The minimum Gasteiger partial charge on any atom is -0.436 e. The third-order valence-corrected chi connectivity index (χ3v) is 4.79. The molecule has 0 radical (unpaired) electrons. The van der Waals surface area contributed by atoms with Gasteiger partial charge in [0.25, 0.3) is 5.69 Å². The van der Waals surface area contributed by atoms with Gasteiger partial charge in [-0.05, 0) is 47.9 Å². The van der Waals surface area contributed by atoms with E-state index in [0.717, 1.165) is 29.8 Å². The molecule has 6 nitrogen and oxygen atoms in total. The van der Waals surface area contributed by atoms with Crippen molar-refractivity contribution in [3.05, 3.63) is 75.8 Å². The lowest BCUT2D eigenvalue weighted by Crippen LogP contribution is -2.02. The van der Waals surface area contributed by atoms with Crippen molar-refractivity contribution in [2.75, 3.05) is 11.9 Å². The molecule has 0 atom stereocenters. The lowest BCUT2D eigenvalue weighted by atomic mass is 10.1.